The first-order valence-electron chi connectivity index (χ1n) is 6.71. The Bertz CT molecular complexity index is 397. The number of fused-ring (bicyclic) bond motifs is 2. The van der Waals surface area contributed by atoms with Gasteiger partial charge in [0, 0.05) is 24.6 Å². The van der Waals surface area contributed by atoms with Gasteiger partial charge in [-0.15, -0.1) is 0 Å². The van der Waals surface area contributed by atoms with Crippen molar-refractivity contribution in [2.75, 3.05) is 6.54 Å². The zero-order chi connectivity index (χ0) is 10.5. The Morgan fingerprint density at radius 3 is 2.94 bits per heavy atom. The molecule has 2 heterocycles. The molecule has 4 rings (SSSR count). The lowest BCUT2D eigenvalue weighted by Crippen LogP contribution is -2.35. The van der Waals surface area contributed by atoms with Crippen LogP contribution in [0.1, 0.15) is 43.0 Å². The number of nitrogens with one attached hydrogen (secondary N) is 1. The van der Waals surface area contributed by atoms with Gasteiger partial charge in [0.1, 0.15) is 5.76 Å². The van der Waals surface area contributed by atoms with Gasteiger partial charge in [0.25, 0.3) is 0 Å². The maximum Gasteiger partial charge on any atom is 0.109 e. The molecule has 0 amide bonds. The van der Waals surface area contributed by atoms with Crippen molar-refractivity contribution in [2.45, 2.75) is 38.1 Å². The lowest BCUT2D eigenvalue weighted by molar-refractivity contribution is 0.250. The molecule has 16 heavy (non-hydrogen) atoms. The van der Waals surface area contributed by atoms with E-state index in [1.807, 2.05) is 6.26 Å². The standard InChI is InChI=1S/C14H19NO/c1-2-10(8-11-7-9(1)11)14-12-4-6-16-13(12)3-5-15-14/h4,6,9-11,14-15H,1-3,5,7-8H2. The summed E-state index contributed by atoms with van der Waals surface area (Å²) in [4.78, 5) is 0. The number of furan rings is 1. The van der Waals surface area contributed by atoms with Crippen LogP contribution in [0.3, 0.4) is 0 Å². The van der Waals surface area contributed by atoms with Gasteiger partial charge in [0.2, 0.25) is 0 Å². The molecule has 86 valence electrons. The summed E-state index contributed by atoms with van der Waals surface area (Å²) >= 11 is 0. The molecule has 3 aliphatic rings. The Hall–Kier alpha value is -0.760. The van der Waals surface area contributed by atoms with Crippen molar-refractivity contribution < 1.29 is 4.42 Å². The first kappa shape index (κ1) is 9.29. The Kier molecular flexibility index (Phi) is 1.95. The highest BCUT2D eigenvalue weighted by molar-refractivity contribution is 5.25. The summed E-state index contributed by atoms with van der Waals surface area (Å²) in [6.45, 7) is 1.09. The fraction of sp³-hybridized carbons (Fsp3) is 0.714. The molecular formula is C14H19NO. The smallest absolute Gasteiger partial charge is 0.109 e. The second-order valence-electron chi connectivity index (χ2n) is 5.81. The molecule has 0 saturated heterocycles. The minimum Gasteiger partial charge on any atom is -0.469 e. The molecule has 0 bridgehead atoms. The minimum atomic E-state index is 0.587. The van der Waals surface area contributed by atoms with Crippen LogP contribution in [0.5, 0.6) is 0 Å². The quantitative estimate of drug-likeness (QED) is 0.782. The molecule has 1 N–H and O–H groups in total. The molecule has 1 aromatic rings. The van der Waals surface area contributed by atoms with Crippen molar-refractivity contribution in [3.63, 3.8) is 0 Å². The van der Waals surface area contributed by atoms with E-state index in [1.165, 1.54) is 37.0 Å². The maximum atomic E-state index is 5.57. The zero-order valence-electron chi connectivity index (χ0n) is 9.61. The summed E-state index contributed by atoms with van der Waals surface area (Å²) in [6.07, 6.45) is 8.80. The molecule has 2 aliphatic carbocycles. The van der Waals surface area contributed by atoms with E-state index < -0.39 is 0 Å². The fourth-order valence-electron chi connectivity index (χ4n) is 3.89. The van der Waals surface area contributed by atoms with Gasteiger partial charge in [-0.25, -0.2) is 0 Å². The molecule has 2 fully saturated rings. The van der Waals surface area contributed by atoms with Crippen molar-refractivity contribution in [3.8, 4) is 0 Å². The lowest BCUT2D eigenvalue weighted by atomic mass is 9.80. The maximum absolute atomic E-state index is 5.57. The zero-order valence-corrected chi connectivity index (χ0v) is 9.61. The Balaban J connectivity index is 1.59. The van der Waals surface area contributed by atoms with Gasteiger partial charge in [-0.05, 0) is 49.5 Å². The molecule has 1 aliphatic heterocycles. The van der Waals surface area contributed by atoms with Crippen LogP contribution in [-0.4, -0.2) is 6.54 Å². The highest BCUT2D eigenvalue weighted by Crippen LogP contribution is 2.54. The third-order valence-corrected chi connectivity index (χ3v) is 4.89. The fourth-order valence-corrected chi connectivity index (χ4v) is 3.89. The van der Waals surface area contributed by atoms with Crippen LogP contribution in [-0.2, 0) is 6.42 Å². The van der Waals surface area contributed by atoms with Gasteiger partial charge in [0.15, 0.2) is 0 Å². The summed E-state index contributed by atoms with van der Waals surface area (Å²) in [7, 11) is 0. The van der Waals surface area contributed by atoms with Crippen molar-refractivity contribution in [2.24, 2.45) is 17.8 Å². The summed E-state index contributed by atoms with van der Waals surface area (Å²) in [5, 5.41) is 3.71. The third-order valence-electron chi connectivity index (χ3n) is 4.89. The normalized spacial score (nSPS) is 41.2. The summed E-state index contributed by atoms with van der Waals surface area (Å²) in [6, 6.07) is 2.77. The molecular weight excluding hydrogens is 198 g/mol. The monoisotopic (exact) mass is 217 g/mol. The Morgan fingerprint density at radius 1 is 1.12 bits per heavy atom. The summed E-state index contributed by atoms with van der Waals surface area (Å²) in [5.74, 6) is 4.27. The molecule has 2 heteroatoms. The van der Waals surface area contributed by atoms with Crippen LogP contribution < -0.4 is 5.32 Å². The highest BCUT2D eigenvalue weighted by Gasteiger charge is 2.44. The predicted molar refractivity (Wildman–Crippen MR) is 62.1 cm³/mol. The highest BCUT2D eigenvalue weighted by atomic mass is 16.3. The first-order chi connectivity index (χ1) is 7.92. The van der Waals surface area contributed by atoms with E-state index in [0.29, 0.717) is 6.04 Å². The van der Waals surface area contributed by atoms with Crippen LogP contribution in [0.2, 0.25) is 0 Å². The van der Waals surface area contributed by atoms with E-state index >= 15 is 0 Å². The van der Waals surface area contributed by atoms with Crippen molar-refractivity contribution in [3.05, 3.63) is 23.7 Å². The average molecular weight is 217 g/mol. The van der Waals surface area contributed by atoms with Gasteiger partial charge in [-0.2, -0.15) is 0 Å². The van der Waals surface area contributed by atoms with Gasteiger partial charge in [0.05, 0.1) is 6.26 Å². The molecule has 1 aromatic heterocycles. The van der Waals surface area contributed by atoms with Crippen LogP contribution in [0.15, 0.2) is 16.7 Å². The molecule has 0 spiro atoms. The van der Waals surface area contributed by atoms with E-state index in [9.17, 15) is 0 Å². The van der Waals surface area contributed by atoms with Gasteiger partial charge in [-0.1, -0.05) is 0 Å². The van der Waals surface area contributed by atoms with E-state index in [4.69, 9.17) is 4.42 Å². The number of hydrogen-bond donors (Lipinski definition) is 1. The molecule has 4 unspecified atom stereocenters. The SMILES string of the molecule is c1cc2c(o1)CCNC2C1CCC2CC2C1. The van der Waals surface area contributed by atoms with Gasteiger partial charge >= 0.3 is 0 Å². The topological polar surface area (TPSA) is 25.2 Å². The third kappa shape index (κ3) is 1.36. The largest absolute Gasteiger partial charge is 0.469 e. The van der Waals surface area contributed by atoms with E-state index in [-0.39, 0.29) is 0 Å². The Labute approximate surface area is 96.4 Å². The van der Waals surface area contributed by atoms with Crippen molar-refractivity contribution in [1.29, 1.82) is 0 Å². The molecule has 4 atom stereocenters. The second-order valence-corrected chi connectivity index (χ2v) is 5.81. The Morgan fingerprint density at radius 2 is 2.00 bits per heavy atom. The van der Waals surface area contributed by atoms with Gasteiger partial charge < -0.3 is 9.73 Å². The first-order valence-corrected chi connectivity index (χ1v) is 6.71. The average Bonchev–Trinajstić information content (AvgIpc) is 2.93. The molecule has 0 aromatic carbocycles. The summed E-state index contributed by atoms with van der Waals surface area (Å²) in [5.41, 5.74) is 1.45. The minimum absolute atomic E-state index is 0.587. The van der Waals surface area contributed by atoms with E-state index in [2.05, 4.69) is 11.4 Å². The van der Waals surface area contributed by atoms with E-state index in [0.717, 1.165) is 30.7 Å². The second kappa shape index (κ2) is 3.36. The van der Waals surface area contributed by atoms with Crippen LogP contribution in [0.25, 0.3) is 0 Å². The van der Waals surface area contributed by atoms with Crippen molar-refractivity contribution in [1.82, 2.24) is 5.32 Å². The van der Waals surface area contributed by atoms with Crippen LogP contribution in [0.4, 0.5) is 0 Å². The predicted octanol–water partition coefficient (Wildman–Crippen LogP) is 2.90. The van der Waals surface area contributed by atoms with Crippen LogP contribution in [0, 0.1) is 17.8 Å². The van der Waals surface area contributed by atoms with Crippen molar-refractivity contribution >= 4 is 0 Å². The molecule has 2 nitrogen and oxygen atoms in total. The van der Waals surface area contributed by atoms with Crippen LogP contribution >= 0.6 is 0 Å². The number of rotatable bonds is 1. The number of hydrogen-bond acceptors (Lipinski definition) is 2. The molecule has 0 radical (unpaired) electrons. The van der Waals surface area contributed by atoms with Gasteiger partial charge in [-0.3, -0.25) is 0 Å². The van der Waals surface area contributed by atoms with E-state index in [1.54, 1.807) is 0 Å². The lowest BCUT2D eigenvalue weighted by Gasteiger charge is -2.33. The summed E-state index contributed by atoms with van der Waals surface area (Å²) < 4.78 is 5.57. The molecule has 2 saturated carbocycles.